The SMILES string of the molecule is CCNC(=NCC(c1ccccc1Cl)N1CCOCC1)NC(C)C.I. The lowest BCUT2D eigenvalue weighted by atomic mass is 10.0. The Labute approximate surface area is 173 Å². The zero-order valence-corrected chi connectivity index (χ0v) is 18.4. The molecule has 0 radical (unpaired) electrons. The van der Waals surface area contributed by atoms with E-state index in [1.807, 2.05) is 18.2 Å². The fraction of sp³-hybridized carbons (Fsp3) is 0.611. The van der Waals surface area contributed by atoms with Crippen molar-refractivity contribution in [3.63, 3.8) is 0 Å². The predicted molar refractivity (Wildman–Crippen MR) is 116 cm³/mol. The molecule has 7 heteroatoms. The molecular formula is C18H30ClIN4O. The molecule has 5 nitrogen and oxygen atoms in total. The van der Waals surface area contributed by atoms with Crippen molar-refractivity contribution in [2.75, 3.05) is 39.4 Å². The van der Waals surface area contributed by atoms with E-state index in [0.717, 1.165) is 49.4 Å². The summed E-state index contributed by atoms with van der Waals surface area (Å²) in [6.45, 7) is 11.1. The number of nitrogens with one attached hydrogen (secondary N) is 2. The fourth-order valence-corrected chi connectivity index (χ4v) is 3.08. The zero-order valence-electron chi connectivity index (χ0n) is 15.3. The van der Waals surface area contributed by atoms with Crippen LogP contribution < -0.4 is 10.6 Å². The second-order valence-electron chi connectivity index (χ2n) is 6.20. The van der Waals surface area contributed by atoms with Crippen molar-refractivity contribution in [3.8, 4) is 0 Å². The molecule has 1 aromatic carbocycles. The lowest BCUT2D eigenvalue weighted by molar-refractivity contribution is 0.0180. The molecule has 2 N–H and O–H groups in total. The minimum absolute atomic E-state index is 0. The molecule has 0 aromatic heterocycles. The van der Waals surface area contributed by atoms with Crippen molar-refractivity contribution in [1.82, 2.24) is 15.5 Å². The van der Waals surface area contributed by atoms with Crippen molar-refractivity contribution in [3.05, 3.63) is 34.9 Å². The number of rotatable bonds is 6. The third-order valence-corrected chi connectivity index (χ3v) is 4.29. The summed E-state index contributed by atoms with van der Waals surface area (Å²) in [5.74, 6) is 0.845. The fourth-order valence-electron chi connectivity index (χ4n) is 2.82. The number of ether oxygens (including phenoxy) is 1. The van der Waals surface area contributed by atoms with Crippen molar-refractivity contribution in [1.29, 1.82) is 0 Å². The van der Waals surface area contributed by atoms with E-state index in [-0.39, 0.29) is 30.0 Å². The Morgan fingerprint density at radius 1 is 1.28 bits per heavy atom. The first-order valence-electron chi connectivity index (χ1n) is 8.73. The molecule has 0 aliphatic carbocycles. The molecule has 0 amide bonds. The maximum absolute atomic E-state index is 6.46. The normalized spacial score (nSPS) is 17.1. The highest BCUT2D eigenvalue weighted by molar-refractivity contribution is 14.0. The van der Waals surface area contributed by atoms with Gasteiger partial charge in [0, 0.05) is 30.7 Å². The van der Waals surface area contributed by atoms with Gasteiger partial charge in [-0.3, -0.25) is 9.89 Å². The second kappa shape index (κ2) is 11.9. The molecule has 0 spiro atoms. The standard InChI is InChI=1S/C18H29ClN4O.HI/c1-4-20-18(22-14(2)3)21-13-17(23-9-11-24-12-10-23)15-7-5-6-8-16(15)19;/h5-8,14,17H,4,9-13H2,1-3H3,(H2,20,21,22);1H. The Balaban J connectivity index is 0.00000312. The minimum atomic E-state index is 0. The summed E-state index contributed by atoms with van der Waals surface area (Å²) >= 11 is 6.46. The van der Waals surface area contributed by atoms with E-state index in [9.17, 15) is 0 Å². The first-order valence-corrected chi connectivity index (χ1v) is 9.10. The largest absolute Gasteiger partial charge is 0.379 e. The first-order chi connectivity index (χ1) is 11.6. The quantitative estimate of drug-likeness (QED) is 0.373. The molecule has 142 valence electrons. The summed E-state index contributed by atoms with van der Waals surface area (Å²) in [6, 6.07) is 8.55. The van der Waals surface area contributed by atoms with Gasteiger partial charge in [-0.25, -0.2) is 0 Å². The van der Waals surface area contributed by atoms with Crippen LogP contribution in [0.5, 0.6) is 0 Å². The van der Waals surface area contributed by atoms with E-state index in [2.05, 4.69) is 42.4 Å². The van der Waals surface area contributed by atoms with Gasteiger partial charge in [-0.15, -0.1) is 24.0 Å². The summed E-state index contributed by atoms with van der Waals surface area (Å²) in [7, 11) is 0. The molecule has 0 saturated carbocycles. The van der Waals surface area contributed by atoms with Crippen LogP contribution in [0.4, 0.5) is 0 Å². The van der Waals surface area contributed by atoms with Gasteiger partial charge in [-0.2, -0.15) is 0 Å². The van der Waals surface area contributed by atoms with E-state index < -0.39 is 0 Å². The maximum Gasteiger partial charge on any atom is 0.191 e. The second-order valence-corrected chi connectivity index (χ2v) is 6.61. The third-order valence-electron chi connectivity index (χ3n) is 3.94. The van der Waals surface area contributed by atoms with Crippen molar-refractivity contribution in [2.24, 2.45) is 4.99 Å². The van der Waals surface area contributed by atoms with Crippen LogP contribution in [-0.4, -0.2) is 56.3 Å². The third kappa shape index (κ3) is 7.29. The van der Waals surface area contributed by atoms with Crippen LogP contribution in [0.25, 0.3) is 0 Å². The summed E-state index contributed by atoms with van der Waals surface area (Å²) in [5, 5.41) is 7.47. The monoisotopic (exact) mass is 480 g/mol. The molecule has 25 heavy (non-hydrogen) atoms. The van der Waals surface area contributed by atoms with Crippen LogP contribution in [-0.2, 0) is 4.74 Å². The van der Waals surface area contributed by atoms with Crippen LogP contribution in [0.1, 0.15) is 32.4 Å². The van der Waals surface area contributed by atoms with Crippen LogP contribution in [0.15, 0.2) is 29.3 Å². The van der Waals surface area contributed by atoms with Crippen LogP contribution in [0.3, 0.4) is 0 Å². The molecule has 1 fully saturated rings. The van der Waals surface area contributed by atoms with Gasteiger partial charge in [0.1, 0.15) is 0 Å². The van der Waals surface area contributed by atoms with E-state index in [0.29, 0.717) is 12.6 Å². The number of benzene rings is 1. The number of hydrogen-bond acceptors (Lipinski definition) is 3. The van der Waals surface area contributed by atoms with Gasteiger partial charge in [0.2, 0.25) is 0 Å². The number of guanidine groups is 1. The lowest BCUT2D eigenvalue weighted by Gasteiger charge is -2.34. The highest BCUT2D eigenvalue weighted by Crippen LogP contribution is 2.28. The van der Waals surface area contributed by atoms with Gasteiger partial charge in [-0.1, -0.05) is 29.8 Å². The summed E-state index contributed by atoms with van der Waals surface area (Å²) in [4.78, 5) is 7.21. The summed E-state index contributed by atoms with van der Waals surface area (Å²) in [5.41, 5.74) is 1.13. The number of halogens is 2. The molecule has 1 aromatic rings. The molecule has 1 aliphatic rings. The maximum atomic E-state index is 6.46. The van der Waals surface area contributed by atoms with Crippen LogP contribution >= 0.6 is 35.6 Å². The molecule has 1 atom stereocenters. The number of nitrogens with zero attached hydrogens (tertiary/aromatic N) is 2. The molecular weight excluding hydrogens is 451 g/mol. The van der Waals surface area contributed by atoms with E-state index in [1.54, 1.807) is 0 Å². The number of hydrogen-bond donors (Lipinski definition) is 2. The van der Waals surface area contributed by atoms with Gasteiger partial charge < -0.3 is 15.4 Å². The van der Waals surface area contributed by atoms with Crippen molar-refractivity contribution in [2.45, 2.75) is 32.9 Å². The smallest absolute Gasteiger partial charge is 0.191 e. The first kappa shape index (κ1) is 22.5. The van der Waals surface area contributed by atoms with Crippen molar-refractivity contribution < 1.29 is 4.74 Å². The van der Waals surface area contributed by atoms with Gasteiger partial charge in [0.15, 0.2) is 5.96 Å². The van der Waals surface area contributed by atoms with Crippen LogP contribution in [0.2, 0.25) is 5.02 Å². The number of aliphatic imine (C=N–C) groups is 1. The Bertz CT molecular complexity index is 536. The molecule has 1 unspecified atom stereocenters. The summed E-state index contributed by atoms with van der Waals surface area (Å²) < 4.78 is 5.50. The molecule has 0 bridgehead atoms. The van der Waals surface area contributed by atoms with Gasteiger partial charge in [0.05, 0.1) is 25.8 Å². The van der Waals surface area contributed by atoms with Gasteiger partial charge in [0.25, 0.3) is 0 Å². The lowest BCUT2D eigenvalue weighted by Crippen LogP contribution is -2.43. The van der Waals surface area contributed by atoms with E-state index in [1.165, 1.54) is 0 Å². The van der Waals surface area contributed by atoms with E-state index >= 15 is 0 Å². The van der Waals surface area contributed by atoms with Crippen molar-refractivity contribution >= 4 is 41.5 Å². The molecule has 2 rings (SSSR count). The molecule has 1 heterocycles. The topological polar surface area (TPSA) is 48.9 Å². The Morgan fingerprint density at radius 2 is 1.96 bits per heavy atom. The average Bonchev–Trinajstić information content (AvgIpc) is 2.57. The highest BCUT2D eigenvalue weighted by atomic mass is 127. The number of morpholine rings is 1. The Hall–Kier alpha value is -0.570. The average molecular weight is 481 g/mol. The van der Waals surface area contributed by atoms with E-state index in [4.69, 9.17) is 21.3 Å². The molecule has 1 saturated heterocycles. The zero-order chi connectivity index (χ0) is 17.4. The Kier molecular flexibility index (Phi) is 10.7. The highest BCUT2D eigenvalue weighted by Gasteiger charge is 2.24. The predicted octanol–water partition coefficient (Wildman–Crippen LogP) is 3.29. The summed E-state index contributed by atoms with van der Waals surface area (Å²) in [6.07, 6.45) is 0. The molecule has 1 aliphatic heterocycles. The minimum Gasteiger partial charge on any atom is -0.379 e. The Morgan fingerprint density at radius 3 is 2.56 bits per heavy atom. The van der Waals surface area contributed by atoms with Crippen LogP contribution in [0, 0.1) is 0 Å². The van der Waals surface area contributed by atoms with Gasteiger partial charge in [-0.05, 0) is 32.4 Å². The van der Waals surface area contributed by atoms with Gasteiger partial charge >= 0.3 is 0 Å².